The van der Waals surface area contributed by atoms with Gasteiger partial charge in [-0.2, -0.15) is 0 Å². The largest absolute Gasteiger partial charge is 0.452 e. The summed E-state index contributed by atoms with van der Waals surface area (Å²) < 4.78 is 13.5. The zero-order valence-corrected chi connectivity index (χ0v) is 37.4. The lowest BCUT2D eigenvalue weighted by Gasteiger charge is -2.34. The van der Waals surface area contributed by atoms with E-state index in [0.29, 0.717) is 0 Å². The van der Waals surface area contributed by atoms with Gasteiger partial charge >= 0.3 is 0 Å². The first kappa shape index (κ1) is 38.2. The van der Waals surface area contributed by atoms with Crippen LogP contribution in [0.5, 0.6) is 0 Å². The van der Waals surface area contributed by atoms with Gasteiger partial charge in [0, 0.05) is 21.5 Å². The van der Waals surface area contributed by atoms with Crippen LogP contribution >= 0.6 is 0 Å². The van der Waals surface area contributed by atoms with Gasteiger partial charge in [0.1, 0.15) is 11.2 Å². The van der Waals surface area contributed by atoms with Crippen LogP contribution in [0, 0.1) is 0 Å². The molecule has 14 aromatic rings. The highest BCUT2D eigenvalue weighted by Crippen LogP contribution is 2.58. The van der Waals surface area contributed by atoms with Gasteiger partial charge in [-0.1, -0.05) is 194 Å². The highest BCUT2D eigenvalue weighted by Gasteiger charge is 2.46. The fourth-order valence-corrected chi connectivity index (χ4v) is 12.1. The van der Waals surface area contributed by atoms with E-state index in [1.54, 1.807) is 0 Å². The standard InChI is InChI=1S/C67H40O2/c1-3-17-46(18-4-1)67(47-19-5-2-6-20-47)60-27-12-11-25-56(60)64-48(26-14-28-61(64)67)45-31-36-63-59(40-45)55-34-33-54-58-39-44(30-35-62(58)68-65(54)66(55)69-63)42-16-13-15-41(37-42)43-29-32-53-51-23-8-7-21-49(51)50-22-9-10-24-52(50)57(53)38-43/h1-40H. The molecule has 0 fully saturated rings. The van der Waals surface area contributed by atoms with E-state index >= 15 is 0 Å². The zero-order valence-electron chi connectivity index (χ0n) is 37.4. The van der Waals surface area contributed by atoms with Gasteiger partial charge < -0.3 is 8.83 Å². The maximum atomic E-state index is 6.75. The van der Waals surface area contributed by atoms with Crippen LogP contribution in [0.4, 0.5) is 0 Å². The van der Waals surface area contributed by atoms with Gasteiger partial charge in [-0.25, -0.2) is 0 Å². The molecule has 0 spiro atoms. The first-order valence-corrected chi connectivity index (χ1v) is 23.8. The molecule has 0 aliphatic heterocycles. The Morgan fingerprint density at radius 2 is 0.667 bits per heavy atom. The van der Waals surface area contributed by atoms with E-state index in [2.05, 4.69) is 243 Å². The molecule has 2 nitrogen and oxygen atoms in total. The summed E-state index contributed by atoms with van der Waals surface area (Å²) in [6.07, 6.45) is 0. The Morgan fingerprint density at radius 1 is 0.246 bits per heavy atom. The van der Waals surface area contributed by atoms with E-state index in [9.17, 15) is 0 Å². The van der Waals surface area contributed by atoms with Crippen LogP contribution in [0.1, 0.15) is 22.3 Å². The summed E-state index contributed by atoms with van der Waals surface area (Å²) in [4.78, 5) is 0. The maximum absolute atomic E-state index is 6.75. The molecule has 0 bridgehead atoms. The molecule has 320 valence electrons. The molecule has 2 heterocycles. The van der Waals surface area contributed by atoms with E-state index in [-0.39, 0.29) is 0 Å². The Bertz CT molecular complexity index is 4340. The SMILES string of the molecule is c1ccc(C2(c3ccccc3)c3ccccc3-c3c(-c4ccc5oc6c(ccc7c8cc(-c9cccc(-c%10ccc%11c%12ccccc%12c%12ccccc%12c%11c%10)c9)ccc8oc76)c5c4)cccc32)cc1. The van der Waals surface area contributed by atoms with Gasteiger partial charge in [-0.3, -0.25) is 0 Å². The molecule has 0 saturated heterocycles. The average Bonchev–Trinajstić information content (AvgIpc) is 4.09. The molecule has 0 amide bonds. The van der Waals surface area contributed by atoms with E-state index in [4.69, 9.17) is 8.83 Å². The number of fused-ring (bicyclic) bond motifs is 16. The van der Waals surface area contributed by atoms with Crippen molar-refractivity contribution >= 4 is 76.2 Å². The van der Waals surface area contributed by atoms with E-state index in [1.165, 1.54) is 82.4 Å². The van der Waals surface area contributed by atoms with Gasteiger partial charge in [-0.05, 0) is 148 Å². The third-order valence-corrected chi connectivity index (χ3v) is 15.1. The lowest BCUT2D eigenvalue weighted by Crippen LogP contribution is -2.28. The first-order chi connectivity index (χ1) is 34.2. The van der Waals surface area contributed by atoms with Crippen molar-refractivity contribution in [2.24, 2.45) is 0 Å². The topological polar surface area (TPSA) is 26.3 Å². The number of hydrogen-bond donors (Lipinski definition) is 0. The summed E-state index contributed by atoms with van der Waals surface area (Å²) in [6.45, 7) is 0. The number of benzene rings is 12. The minimum atomic E-state index is -0.463. The smallest absolute Gasteiger partial charge is 0.178 e. The second-order valence-corrected chi connectivity index (χ2v) is 18.6. The predicted molar refractivity (Wildman–Crippen MR) is 287 cm³/mol. The van der Waals surface area contributed by atoms with Crippen molar-refractivity contribution in [1.29, 1.82) is 0 Å². The quantitative estimate of drug-likeness (QED) is 0.161. The summed E-state index contributed by atoms with van der Waals surface area (Å²) in [5, 5.41) is 11.9. The molecule has 1 aliphatic rings. The predicted octanol–water partition coefficient (Wildman–Crippen LogP) is 18.3. The molecule has 0 unspecified atom stereocenters. The highest BCUT2D eigenvalue weighted by molar-refractivity contribution is 6.26. The van der Waals surface area contributed by atoms with Crippen LogP contribution in [-0.2, 0) is 5.41 Å². The molecule has 1 aliphatic carbocycles. The molecule has 12 aromatic carbocycles. The Morgan fingerprint density at radius 3 is 1.29 bits per heavy atom. The van der Waals surface area contributed by atoms with Crippen molar-refractivity contribution < 1.29 is 8.83 Å². The Balaban J connectivity index is 0.833. The van der Waals surface area contributed by atoms with Crippen molar-refractivity contribution in [3.8, 4) is 44.5 Å². The summed E-state index contributed by atoms with van der Waals surface area (Å²) in [6, 6.07) is 88.8. The Kier molecular flexibility index (Phi) is 8.02. The third-order valence-electron chi connectivity index (χ3n) is 15.1. The van der Waals surface area contributed by atoms with Crippen LogP contribution in [0.3, 0.4) is 0 Å². The monoisotopic (exact) mass is 876 g/mol. The Labute approximate surface area is 397 Å². The van der Waals surface area contributed by atoms with E-state index in [1.807, 2.05) is 0 Å². The van der Waals surface area contributed by atoms with Crippen molar-refractivity contribution in [3.05, 3.63) is 265 Å². The number of hydrogen-bond acceptors (Lipinski definition) is 2. The summed E-state index contributed by atoms with van der Waals surface area (Å²) >= 11 is 0. The maximum Gasteiger partial charge on any atom is 0.178 e. The molecular formula is C67H40O2. The van der Waals surface area contributed by atoms with Crippen molar-refractivity contribution in [2.45, 2.75) is 5.41 Å². The lowest BCUT2D eigenvalue weighted by atomic mass is 9.67. The Hall–Kier alpha value is -8.98. The number of rotatable bonds is 5. The molecule has 0 N–H and O–H groups in total. The lowest BCUT2D eigenvalue weighted by molar-refractivity contribution is 0.633. The molecule has 2 aromatic heterocycles. The van der Waals surface area contributed by atoms with Crippen molar-refractivity contribution in [3.63, 3.8) is 0 Å². The van der Waals surface area contributed by atoms with Crippen LogP contribution in [0.15, 0.2) is 251 Å². The van der Waals surface area contributed by atoms with Crippen LogP contribution in [-0.4, -0.2) is 0 Å². The second-order valence-electron chi connectivity index (χ2n) is 18.6. The molecule has 0 saturated carbocycles. The molecule has 0 radical (unpaired) electrons. The van der Waals surface area contributed by atoms with Gasteiger partial charge in [-0.15, -0.1) is 0 Å². The highest BCUT2D eigenvalue weighted by atomic mass is 16.4. The fraction of sp³-hybridized carbons (Fsp3) is 0.0149. The second kappa shape index (κ2) is 14.5. The zero-order chi connectivity index (χ0) is 45.2. The summed E-state index contributed by atoms with van der Waals surface area (Å²) in [5.74, 6) is 0. The first-order valence-electron chi connectivity index (χ1n) is 23.8. The number of furan rings is 2. The van der Waals surface area contributed by atoms with Crippen molar-refractivity contribution in [2.75, 3.05) is 0 Å². The van der Waals surface area contributed by atoms with Crippen LogP contribution in [0.25, 0.3) is 121 Å². The molecular weight excluding hydrogens is 837 g/mol. The fourth-order valence-electron chi connectivity index (χ4n) is 12.1. The summed E-state index contributed by atoms with van der Waals surface area (Å²) in [7, 11) is 0. The van der Waals surface area contributed by atoms with Gasteiger partial charge in [0.25, 0.3) is 0 Å². The summed E-state index contributed by atoms with van der Waals surface area (Å²) in [5.41, 5.74) is 17.4. The van der Waals surface area contributed by atoms with E-state index < -0.39 is 5.41 Å². The molecule has 0 atom stereocenters. The van der Waals surface area contributed by atoms with E-state index in [0.717, 1.165) is 60.6 Å². The third kappa shape index (κ3) is 5.43. The van der Waals surface area contributed by atoms with Crippen LogP contribution in [0.2, 0.25) is 0 Å². The van der Waals surface area contributed by atoms with Gasteiger partial charge in [0.05, 0.1) is 5.41 Å². The normalized spacial score (nSPS) is 13.0. The van der Waals surface area contributed by atoms with Crippen molar-refractivity contribution in [1.82, 2.24) is 0 Å². The minimum absolute atomic E-state index is 0.463. The minimum Gasteiger partial charge on any atom is -0.452 e. The van der Waals surface area contributed by atoms with Crippen LogP contribution < -0.4 is 0 Å². The molecule has 69 heavy (non-hydrogen) atoms. The van der Waals surface area contributed by atoms with Gasteiger partial charge in [0.15, 0.2) is 11.2 Å². The average molecular weight is 877 g/mol. The molecule has 15 rings (SSSR count). The molecule has 2 heteroatoms. The van der Waals surface area contributed by atoms with Gasteiger partial charge in [0.2, 0.25) is 0 Å².